The van der Waals surface area contributed by atoms with Crippen LogP contribution in [0, 0.1) is 6.92 Å². The molecule has 1 saturated heterocycles. The van der Waals surface area contributed by atoms with Crippen LogP contribution in [0.25, 0.3) is 10.8 Å². The van der Waals surface area contributed by atoms with Crippen LogP contribution < -0.4 is 16.0 Å². The molecule has 3 atom stereocenters. The number of pyridine rings is 1. The molecule has 10 heteroatoms. The SMILES string of the molecule is C=C(C)/C=C(/NC(=O)[C@H](CNC(=O)c1ccc(C)cc1)NC1OC1c1nccc2ccccc12)B(O)O. The lowest BCUT2D eigenvalue weighted by atomic mass is 9.84. The highest BCUT2D eigenvalue weighted by Crippen LogP contribution is 2.39. The summed E-state index contributed by atoms with van der Waals surface area (Å²) in [5, 5.41) is 29.7. The van der Waals surface area contributed by atoms with Crippen molar-refractivity contribution in [2.75, 3.05) is 6.54 Å². The summed E-state index contributed by atoms with van der Waals surface area (Å²) < 4.78 is 5.82. The van der Waals surface area contributed by atoms with Gasteiger partial charge in [0, 0.05) is 29.3 Å². The van der Waals surface area contributed by atoms with Gasteiger partial charge in [0.15, 0.2) is 0 Å². The Morgan fingerprint density at radius 2 is 1.89 bits per heavy atom. The molecule has 0 radical (unpaired) electrons. The lowest BCUT2D eigenvalue weighted by molar-refractivity contribution is -0.122. The van der Waals surface area contributed by atoms with E-state index < -0.39 is 25.3 Å². The van der Waals surface area contributed by atoms with Crippen LogP contribution in [0.3, 0.4) is 0 Å². The Morgan fingerprint density at radius 1 is 1.16 bits per heavy atom. The van der Waals surface area contributed by atoms with Gasteiger partial charge in [-0.3, -0.25) is 19.9 Å². The van der Waals surface area contributed by atoms with Crippen molar-refractivity contribution < 1.29 is 24.4 Å². The van der Waals surface area contributed by atoms with Crippen molar-refractivity contribution in [2.45, 2.75) is 32.2 Å². The van der Waals surface area contributed by atoms with E-state index in [0.29, 0.717) is 11.1 Å². The van der Waals surface area contributed by atoms with Crippen molar-refractivity contribution in [3.8, 4) is 0 Å². The van der Waals surface area contributed by atoms with Crippen LogP contribution in [0.4, 0.5) is 0 Å². The number of allylic oxidation sites excluding steroid dienone is 2. The van der Waals surface area contributed by atoms with Gasteiger partial charge in [0.05, 0.1) is 5.69 Å². The van der Waals surface area contributed by atoms with Gasteiger partial charge in [0.25, 0.3) is 5.91 Å². The van der Waals surface area contributed by atoms with E-state index in [4.69, 9.17) is 4.74 Å². The number of nitrogens with one attached hydrogen (secondary N) is 3. The van der Waals surface area contributed by atoms with Crippen LogP contribution >= 0.6 is 0 Å². The van der Waals surface area contributed by atoms with Crippen molar-refractivity contribution in [3.63, 3.8) is 0 Å². The number of benzene rings is 2. The summed E-state index contributed by atoms with van der Waals surface area (Å²) in [4.78, 5) is 30.3. The van der Waals surface area contributed by atoms with Crippen molar-refractivity contribution in [2.24, 2.45) is 0 Å². The molecular formula is C27H29BN4O5. The van der Waals surface area contributed by atoms with E-state index in [1.165, 1.54) is 6.08 Å². The number of hydrogen-bond donors (Lipinski definition) is 5. The molecular weight excluding hydrogens is 471 g/mol. The Bertz CT molecular complexity index is 1340. The molecule has 0 bridgehead atoms. The van der Waals surface area contributed by atoms with E-state index >= 15 is 0 Å². The zero-order valence-electron chi connectivity index (χ0n) is 20.6. The third-order valence-corrected chi connectivity index (χ3v) is 5.88. The number of carbonyl (C=O) groups excluding carboxylic acids is 2. The molecule has 190 valence electrons. The average molecular weight is 500 g/mol. The highest BCUT2D eigenvalue weighted by Gasteiger charge is 2.44. The van der Waals surface area contributed by atoms with E-state index in [2.05, 4.69) is 27.5 Å². The average Bonchev–Trinajstić information content (AvgIpc) is 3.64. The van der Waals surface area contributed by atoms with E-state index in [1.54, 1.807) is 25.3 Å². The van der Waals surface area contributed by atoms with Crippen LogP contribution in [-0.4, -0.2) is 52.8 Å². The Labute approximate surface area is 215 Å². The Morgan fingerprint density at radius 3 is 2.59 bits per heavy atom. The summed E-state index contributed by atoms with van der Waals surface area (Å²) in [6.07, 6.45) is 2.15. The normalized spacial score (nSPS) is 17.7. The maximum absolute atomic E-state index is 13.2. The van der Waals surface area contributed by atoms with E-state index in [9.17, 15) is 19.6 Å². The van der Waals surface area contributed by atoms with Crippen molar-refractivity contribution in [1.29, 1.82) is 0 Å². The number of aryl methyl sites for hydroxylation is 1. The molecule has 3 aromatic rings. The third-order valence-electron chi connectivity index (χ3n) is 5.88. The number of carbonyl (C=O) groups is 2. The molecule has 1 fully saturated rings. The van der Waals surface area contributed by atoms with Gasteiger partial charge in [0.1, 0.15) is 18.4 Å². The zero-order chi connectivity index (χ0) is 26.5. The fourth-order valence-corrected chi connectivity index (χ4v) is 3.91. The highest BCUT2D eigenvalue weighted by atomic mass is 16.6. The molecule has 2 amide bonds. The molecule has 0 spiro atoms. The van der Waals surface area contributed by atoms with Gasteiger partial charge in [0.2, 0.25) is 5.91 Å². The second-order valence-corrected chi connectivity index (χ2v) is 9.00. The minimum atomic E-state index is -1.91. The Hall–Kier alpha value is -3.83. The first kappa shape index (κ1) is 26.2. The van der Waals surface area contributed by atoms with Gasteiger partial charge in [-0.05, 0) is 43.5 Å². The smallest absolute Gasteiger partial charge is 0.422 e. The predicted octanol–water partition coefficient (Wildman–Crippen LogP) is 1.92. The maximum atomic E-state index is 13.2. The van der Waals surface area contributed by atoms with Gasteiger partial charge in [-0.1, -0.05) is 54.1 Å². The number of epoxide rings is 1. The lowest BCUT2D eigenvalue weighted by Crippen LogP contribution is -2.52. The van der Waals surface area contributed by atoms with Gasteiger partial charge < -0.3 is 25.4 Å². The minimum absolute atomic E-state index is 0.0734. The van der Waals surface area contributed by atoms with Crippen molar-refractivity contribution >= 4 is 29.7 Å². The van der Waals surface area contributed by atoms with Gasteiger partial charge in [-0.25, -0.2) is 0 Å². The van der Waals surface area contributed by atoms with Gasteiger partial charge in [-0.15, -0.1) is 0 Å². The predicted molar refractivity (Wildman–Crippen MR) is 141 cm³/mol. The molecule has 1 aromatic heterocycles. The second kappa shape index (κ2) is 11.5. The van der Waals surface area contributed by atoms with Crippen LogP contribution in [0.1, 0.15) is 34.6 Å². The van der Waals surface area contributed by atoms with E-state index in [1.807, 2.05) is 49.4 Å². The van der Waals surface area contributed by atoms with Crippen molar-refractivity contribution in [3.05, 3.63) is 101 Å². The molecule has 0 saturated carbocycles. The number of ether oxygens (including phenoxy) is 1. The first-order valence-electron chi connectivity index (χ1n) is 11.9. The largest absolute Gasteiger partial charge is 0.505 e. The first-order chi connectivity index (χ1) is 17.7. The minimum Gasteiger partial charge on any atom is -0.422 e. The standard InChI is InChI=1S/C27H29BN4O5/c1-16(2)14-22(28(35)36)32-26(34)21(15-30-25(33)19-10-8-17(3)9-11-19)31-27-24(37-27)23-20-7-5-4-6-18(20)12-13-29-23/h4-14,21,24,27,31,35-36H,1,15H2,2-3H3,(H,30,33)(H,32,34)/b22-14+/t21-,24?,27?/m0/s1. The number of fused-ring (bicyclic) bond motifs is 1. The number of amides is 2. The second-order valence-electron chi connectivity index (χ2n) is 9.00. The molecule has 0 aliphatic carbocycles. The molecule has 2 aromatic carbocycles. The third kappa shape index (κ3) is 6.69. The van der Waals surface area contributed by atoms with Crippen LogP contribution in [-0.2, 0) is 9.53 Å². The number of aromatic nitrogens is 1. The molecule has 1 aliphatic rings. The zero-order valence-corrected chi connectivity index (χ0v) is 20.6. The van der Waals surface area contributed by atoms with Gasteiger partial charge >= 0.3 is 7.12 Å². The Balaban J connectivity index is 1.50. The molecule has 4 rings (SSSR count). The summed E-state index contributed by atoms with van der Waals surface area (Å²) in [5.74, 6) is -0.923. The summed E-state index contributed by atoms with van der Waals surface area (Å²) in [6, 6.07) is 15.8. The van der Waals surface area contributed by atoms with Crippen LogP contribution in [0.15, 0.2) is 84.6 Å². The van der Waals surface area contributed by atoms with Crippen LogP contribution in [0.5, 0.6) is 0 Å². The van der Waals surface area contributed by atoms with E-state index in [-0.39, 0.29) is 24.2 Å². The molecule has 2 heterocycles. The summed E-state index contributed by atoms with van der Waals surface area (Å²) >= 11 is 0. The van der Waals surface area contributed by atoms with Crippen LogP contribution in [0.2, 0.25) is 0 Å². The fraction of sp³-hybridized carbons (Fsp3) is 0.222. The highest BCUT2D eigenvalue weighted by molar-refractivity contribution is 6.51. The Kier molecular flexibility index (Phi) is 8.15. The molecule has 9 nitrogen and oxygen atoms in total. The van der Waals surface area contributed by atoms with Crippen molar-refractivity contribution in [1.82, 2.24) is 20.9 Å². The molecule has 37 heavy (non-hydrogen) atoms. The summed E-state index contributed by atoms with van der Waals surface area (Å²) in [6.45, 7) is 7.22. The fourth-order valence-electron chi connectivity index (χ4n) is 3.91. The summed E-state index contributed by atoms with van der Waals surface area (Å²) in [5.41, 5.74) is 2.62. The molecule has 2 unspecified atom stereocenters. The monoisotopic (exact) mass is 500 g/mol. The number of nitrogens with zero attached hydrogens (tertiary/aromatic N) is 1. The van der Waals surface area contributed by atoms with Gasteiger partial charge in [-0.2, -0.15) is 0 Å². The molecule has 5 N–H and O–H groups in total. The topological polar surface area (TPSA) is 136 Å². The number of rotatable bonds is 10. The summed E-state index contributed by atoms with van der Waals surface area (Å²) in [7, 11) is -1.91. The number of hydrogen-bond acceptors (Lipinski definition) is 7. The molecule has 1 aliphatic heterocycles. The maximum Gasteiger partial charge on any atom is 0.505 e. The first-order valence-corrected chi connectivity index (χ1v) is 11.9. The quantitative estimate of drug-likeness (QED) is 0.163. The lowest BCUT2D eigenvalue weighted by Gasteiger charge is -2.19. The van der Waals surface area contributed by atoms with E-state index in [0.717, 1.165) is 22.0 Å².